The summed E-state index contributed by atoms with van der Waals surface area (Å²) in [5, 5.41) is 9.78. The van der Waals surface area contributed by atoms with Gasteiger partial charge < -0.3 is 9.51 Å². The van der Waals surface area contributed by atoms with Gasteiger partial charge in [-0.1, -0.05) is 23.7 Å². The zero-order valence-electron chi connectivity index (χ0n) is 9.75. The lowest BCUT2D eigenvalue weighted by Gasteiger charge is -1.96. The Hall–Kier alpha value is -2.33. The second kappa shape index (κ2) is 4.40. The van der Waals surface area contributed by atoms with Crippen LogP contribution in [0.5, 0.6) is 0 Å². The first kappa shape index (κ1) is 11.7. The van der Waals surface area contributed by atoms with Gasteiger partial charge in [-0.15, -0.1) is 0 Å². The van der Waals surface area contributed by atoms with Gasteiger partial charge in [-0.05, 0) is 24.3 Å². The highest BCUT2D eigenvalue weighted by atomic mass is 35.5. The van der Waals surface area contributed by atoms with E-state index in [1.807, 2.05) is 12.1 Å². The number of hydrogen-bond acceptors (Lipinski definition) is 2. The van der Waals surface area contributed by atoms with Gasteiger partial charge in [0.1, 0.15) is 5.56 Å². The van der Waals surface area contributed by atoms with E-state index < -0.39 is 5.97 Å². The van der Waals surface area contributed by atoms with Crippen LogP contribution in [0.4, 0.5) is 0 Å². The van der Waals surface area contributed by atoms with Crippen molar-refractivity contribution in [2.45, 2.75) is 0 Å². The second-order valence-corrected chi connectivity index (χ2v) is 4.53. The average Bonchev–Trinajstić information content (AvgIpc) is 2.82. The average molecular weight is 273 g/mol. The standard InChI is InChI=1S/C14H9ClN2O2/c15-10-5-3-9(4-6-10)12-8-17-7-1-2-11(14(18)19)13(17)16-12/h1-8H,(H,18,19). The Morgan fingerprint density at radius 3 is 2.63 bits per heavy atom. The molecule has 3 aromatic rings. The Kier molecular flexibility index (Phi) is 2.72. The topological polar surface area (TPSA) is 54.6 Å². The molecule has 0 radical (unpaired) electrons. The van der Waals surface area contributed by atoms with Crippen molar-refractivity contribution < 1.29 is 9.90 Å². The van der Waals surface area contributed by atoms with E-state index >= 15 is 0 Å². The van der Waals surface area contributed by atoms with Gasteiger partial charge >= 0.3 is 5.97 Å². The first-order chi connectivity index (χ1) is 9.15. The summed E-state index contributed by atoms with van der Waals surface area (Å²) < 4.78 is 1.70. The number of pyridine rings is 1. The van der Waals surface area contributed by atoms with Crippen molar-refractivity contribution in [1.29, 1.82) is 0 Å². The second-order valence-electron chi connectivity index (χ2n) is 4.09. The molecular formula is C14H9ClN2O2. The zero-order valence-corrected chi connectivity index (χ0v) is 10.5. The molecule has 0 bridgehead atoms. The Balaban J connectivity index is 2.19. The highest BCUT2D eigenvalue weighted by Crippen LogP contribution is 2.22. The molecule has 3 rings (SSSR count). The monoisotopic (exact) mass is 272 g/mol. The van der Waals surface area contributed by atoms with Crippen LogP contribution in [0.25, 0.3) is 16.9 Å². The predicted molar refractivity (Wildman–Crippen MR) is 72.6 cm³/mol. The van der Waals surface area contributed by atoms with E-state index in [4.69, 9.17) is 16.7 Å². The summed E-state index contributed by atoms with van der Waals surface area (Å²) in [6, 6.07) is 10.5. The minimum atomic E-state index is -0.987. The Morgan fingerprint density at radius 2 is 1.95 bits per heavy atom. The van der Waals surface area contributed by atoms with Crippen LogP contribution in [0.3, 0.4) is 0 Å². The lowest BCUT2D eigenvalue weighted by Crippen LogP contribution is -1.99. The molecule has 1 N–H and O–H groups in total. The van der Waals surface area contributed by atoms with Crippen LogP contribution in [0.15, 0.2) is 48.8 Å². The number of aromatic nitrogens is 2. The van der Waals surface area contributed by atoms with Crippen LogP contribution >= 0.6 is 11.6 Å². The highest BCUT2D eigenvalue weighted by Gasteiger charge is 2.12. The van der Waals surface area contributed by atoms with Gasteiger partial charge in [0.25, 0.3) is 0 Å². The van der Waals surface area contributed by atoms with E-state index in [2.05, 4.69) is 4.98 Å². The number of benzene rings is 1. The molecule has 0 spiro atoms. The quantitative estimate of drug-likeness (QED) is 0.778. The van der Waals surface area contributed by atoms with Crippen molar-refractivity contribution in [2.24, 2.45) is 0 Å². The maximum Gasteiger partial charge on any atom is 0.339 e. The van der Waals surface area contributed by atoms with E-state index in [9.17, 15) is 4.79 Å². The van der Waals surface area contributed by atoms with Crippen molar-refractivity contribution in [1.82, 2.24) is 9.38 Å². The number of hydrogen-bond donors (Lipinski definition) is 1. The van der Waals surface area contributed by atoms with Gasteiger partial charge in [-0.2, -0.15) is 0 Å². The van der Waals surface area contributed by atoms with Gasteiger partial charge in [-0.25, -0.2) is 9.78 Å². The van der Waals surface area contributed by atoms with Crippen LogP contribution in [0.1, 0.15) is 10.4 Å². The number of carbonyl (C=O) groups is 1. The van der Waals surface area contributed by atoms with E-state index in [1.54, 1.807) is 35.0 Å². The normalized spacial score (nSPS) is 10.8. The van der Waals surface area contributed by atoms with Crippen LogP contribution in [-0.4, -0.2) is 20.5 Å². The fourth-order valence-corrected chi connectivity index (χ4v) is 2.07. The largest absolute Gasteiger partial charge is 0.478 e. The van der Waals surface area contributed by atoms with Crippen LogP contribution in [0, 0.1) is 0 Å². The van der Waals surface area contributed by atoms with Crippen molar-refractivity contribution >= 4 is 23.2 Å². The molecule has 5 heteroatoms. The number of halogens is 1. The zero-order chi connectivity index (χ0) is 13.4. The van der Waals surface area contributed by atoms with Gasteiger partial charge in [0, 0.05) is 23.0 Å². The van der Waals surface area contributed by atoms with Gasteiger partial charge in [-0.3, -0.25) is 0 Å². The highest BCUT2D eigenvalue weighted by molar-refractivity contribution is 6.30. The molecule has 0 atom stereocenters. The molecule has 1 aromatic carbocycles. The third-order valence-electron chi connectivity index (χ3n) is 2.85. The molecule has 4 nitrogen and oxygen atoms in total. The van der Waals surface area contributed by atoms with E-state index in [0.717, 1.165) is 5.56 Å². The van der Waals surface area contributed by atoms with Crippen molar-refractivity contribution in [3.63, 3.8) is 0 Å². The summed E-state index contributed by atoms with van der Waals surface area (Å²) in [6.07, 6.45) is 3.57. The van der Waals surface area contributed by atoms with Gasteiger partial charge in [0.2, 0.25) is 0 Å². The molecular weight excluding hydrogens is 264 g/mol. The molecule has 0 saturated heterocycles. The summed E-state index contributed by atoms with van der Waals surface area (Å²) >= 11 is 5.84. The molecule has 19 heavy (non-hydrogen) atoms. The Morgan fingerprint density at radius 1 is 1.21 bits per heavy atom. The maximum atomic E-state index is 11.1. The summed E-state index contributed by atoms with van der Waals surface area (Å²) in [6.45, 7) is 0. The van der Waals surface area contributed by atoms with Gasteiger partial charge in [0.15, 0.2) is 5.65 Å². The Bertz CT molecular complexity index is 763. The van der Waals surface area contributed by atoms with Crippen molar-refractivity contribution in [2.75, 3.05) is 0 Å². The first-order valence-electron chi connectivity index (χ1n) is 5.62. The van der Waals surface area contributed by atoms with E-state index in [1.165, 1.54) is 6.07 Å². The molecule has 0 aliphatic carbocycles. The number of nitrogens with zero attached hydrogens (tertiary/aromatic N) is 2. The fraction of sp³-hybridized carbons (Fsp3) is 0. The summed E-state index contributed by atoms with van der Waals surface area (Å²) in [5.74, 6) is -0.987. The molecule has 2 aromatic heterocycles. The summed E-state index contributed by atoms with van der Waals surface area (Å²) in [7, 11) is 0. The lowest BCUT2D eigenvalue weighted by atomic mass is 10.2. The third-order valence-corrected chi connectivity index (χ3v) is 3.11. The van der Waals surface area contributed by atoms with E-state index in [-0.39, 0.29) is 5.56 Å². The molecule has 94 valence electrons. The lowest BCUT2D eigenvalue weighted by molar-refractivity contribution is 0.0698. The fourth-order valence-electron chi connectivity index (χ4n) is 1.94. The van der Waals surface area contributed by atoms with Crippen LogP contribution < -0.4 is 0 Å². The predicted octanol–water partition coefficient (Wildman–Crippen LogP) is 3.35. The van der Waals surface area contributed by atoms with Crippen LogP contribution in [-0.2, 0) is 0 Å². The molecule has 0 unspecified atom stereocenters. The summed E-state index contributed by atoms with van der Waals surface area (Å²) in [5.41, 5.74) is 2.22. The van der Waals surface area contributed by atoms with Crippen LogP contribution in [0.2, 0.25) is 5.02 Å². The van der Waals surface area contributed by atoms with Crippen molar-refractivity contribution in [3.05, 3.63) is 59.4 Å². The molecule has 0 fully saturated rings. The van der Waals surface area contributed by atoms with E-state index in [0.29, 0.717) is 16.4 Å². The summed E-state index contributed by atoms with van der Waals surface area (Å²) in [4.78, 5) is 15.5. The molecule has 0 amide bonds. The molecule has 0 aliphatic rings. The Labute approximate surface area is 113 Å². The number of fused-ring (bicyclic) bond motifs is 1. The number of carboxylic acids is 1. The molecule has 2 heterocycles. The molecule has 0 saturated carbocycles. The number of imidazole rings is 1. The number of aromatic carboxylic acids is 1. The minimum Gasteiger partial charge on any atom is -0.478 e. The third kappa shape index (κ3) is 2.06. The number of rotatable bonds is 2. The smallest absolute Gasteiger partial charge is 0.339 e. The number of carboxylic acid groups (broad SMARTS) is 1. The maximum absolute atomic E-state index is 11.1. The SMILES string of the molecule is O=C(O)c1cccn2cc(-c3ccc(Cl)cc3)nc12. The van der Waals surface area contributed by atoms with Gasteiger partial charge in [0.05, 0.1) is 5.69 Å². The minimum absolute atomic E-state index is 0.183. The van der Waals surface area contributed by atoms with Crippen molar-refractivity contribution in [3.8, 4) is 11.3 Å². The molecule has 0 aliphatic heterocycles. The first-order valence-corrected chi connectivity index (χ1v) is 6.00.